The molecule has 0 saturated carbocycles. The van der Waals surface area contributed by atoms with E-state index in [1.807, 2.05) is 6.07 Å². The summed E-state index contributed by atoms with van der Waals surface area (Å²) in [4.78, 5) is 30.7. The highest BCUT2D eigenvalue weighted by molar-refractivity contribution is 6.30. The zero-order valence-corrected chi connectivity index (χ0v) is 14.4. The molecule has 5 nitrogen and oxygen atoms in total. The molecule has 6 heteroatoms. The number of nitrogens with zero attached hydrogens (tertiary/aromatic N) is 2. The standard InChI is InChI=1S/C19H17ClN2O3/c1-2-15(23)16-17(12-6-8-13(20)9-7-12)22(19(25)18(16)24)11-14-5-3-4-10-21-14/h3-10,17,24H,2,11H2,1H3. The van der Waals surface area contributed by atoms with E-state index >= 15 is 0 Å². The van der Waals surface area contributed by atoms with E-state index in [0.717, 1.165) is 5.56 Å². The van der Waals surface area contributed by atoms with Gasteiger partial charge in [0, 0.05) is 17.6 Å². The monoisotopic (exact) mass is 356 g/mol. The van der Waals surface area contributed by atoms with E-state index in [-0.39, 0.29) is 24.3 Å². The average Bonchev–Trinajstić information content (AvgIpc) is 2.87. The fraction of sp³-hybridized carbons (Fsp3) is 0.211. The molecule has 1 aromatic heterocycles. The van der Waals surface area contributed by atoms with Crippen LogP contribution in [-0.4, -0.2) is 26.7 Å². The van der Waals surface area contributed by atoms with Gasteiger partial charge < -0.3 is 10.0 Å². The average molecular weight is 357 g/mol. The summed E-state index contributed by atoms with van der Waals surface area (Å²) in [6.45, 7) is 1.89. The maximum Gasteiger partial charge on any atom is 0.290 e. The molecule has 128 valence electrons. The summed E-state index contributed by atoms with van der Waals surface area (Å²) in [5.74, 6) is -1.31. The summed E-state index contributed by atoms with van der Waals surface area (Å²) in [6, 6.07) is 11.7. The van der Waals surface area contributed by atoms with Crippen LogP contribution < -0.4 is 0 Å². The number of pyridine rings is 1. The highest BCUT2D eigenvalue weighted by atomic mass is 35.5. The van der Waals surface area contributed by atoms with E-state index in [2.05, 4.69) is 4.98 Å². The summed E-state index contributed by atoms with van der Waals surface area (Å²) in [6.07, 6.45) is 1.84. The number of Topliss-reactive ketones (excluding diaryl/α,β-unsaturated/α-hetero) is 1. The molecule has 25 heavy (non-hydrogen) atoms. The van der Waals surface area contributed by atoms with Crippen LogP contribution in [0.5, 0.6) is 0 Å². The van der Waals surface area contributed by atoms with Gasteiger partial charge in [-0.25, -0.2) is 0 Å². The van der Waals surface area contributed by atoms with Crippen molar-refractivity contribution in [2.24, 2.45) is 0 Å². The second kappa shape index (κ2) is 7.07. The molecule has 1 aromatic carbocycles. The third-order valence-electron chi connectivity index (χ3n) is 4.17. The van der Waals surface area contributed by atoms with Crippen molar-refractivity contribution < 1.29 is 14.7 Å². The number of halogens is 1. The van der Waals surface area contributed by atoms with E-state index in [0.29, 0.717) is 10.7 Å². The van der Waals surface area contributed by atoms with E-state index in [1.165, 1.54) is 4.90 Å². The van der Waals surface area contributed by atoms with Crippen LogP contribution in [0.2, 0.25) is 5.02 Å². The van der Waals surface area contributed by atoms with Gasteiger partial charge in [-0.3, -0.25) is 14.6 Å². The van der Waals surface area contributed by atoms with Gasteiger partial charge in [-0.05, 0) is 29.8 Å². The van der Waals surface area contributed by atoms with E-state index < -0.39 is 17.7 Å². The summed E-state index contributed by atoms with van der Waals surface area (Å²) in [7, 11) is 0. The van der Waals surface area contributed by atoms with Gasteiger partial charge >= 0.3 is 0 Å². The van der Waals surface area contributed by atoms with Crippen molar-refractivity contribution in [3.63, 3.8) is 0 Å². The predicted molar refractivity (Wildman–Crippen MR) is 93.9 cm³/mol. The fourth-order valence-electron chi connectivity index (χ4n) is 2.95. The molecule has 0 radical (unpaired) electrons. The highest BCUT2D eigenvalue weighted by Gasteiger charge is 2.42. The predicted octanol–water partition coefficient (Wildman–Crippen LogP) is 3.61. The number of aliphatic hydroxyl groups excluding tert-OH is 1. The van der Waals surface area contributed by atoms with Crippen molar-refractivity contribution in [1.29, 1.82) is 0 Å². The SMILES string of the molecule is CCC(=O)C1=C(O)C(=O)N(Cc2ccccn2)C1c1ccc(Cl)cc1. The van der Waals surface area contributed by atoms with E-state index in [1.54, 1.807) is 49.5 Å². The molecule has 1 amide bonds. The Morgan fingerprint density at radius 2 is 1.96 bits per heavy atom. The lowest BCUT2D eigenvalue weighted by atomic mass is 9.95. The van der Waals surface area contributed by atoms with Crippen LogP contribution in [0, 0.1) is 0 Å². The Balaban J connectivity index is 2.05. The topological polar surface area (TPSA) is 70.5 Å². The van der Waals surface area contributed by atoms with Gasteiger partial charge in [-0.1, -0.05) is 36.7 Å². The Morgan fingerprint density at radius 1 is 1.24 bits per heavy atom. The first-order valence-electron chi connectivity index (χ1n) is 7.95. The van der Waals surface area contributed by atoms with Crippen LogP contribution in [0.25, 0.3) is 0 Å². The lowest BCUT2D eigenvalue weighted by Gasteiger charge is -2.26. The number of hydrogen-bond acceptors (Lipinski definition) is 4. The molecule has 2 heterocycles. The third-order valence-corrected chi connectivity index (χ3v) is 4.42. The smallest absolute Gasteiger partial charge is 0.290 e. The van der Waals surface area contributed by atoms with Crippen LogP contribution in [-0.2, 0) is 16.1 Å². The molecule has 1 N–H and O–H groups in total. The molecule has 0 saturated heterocycles. The number of benzene rings is 1. The Labute approximate surface area is 150 Å². The van der Waals surface area contributed by atoms with Crippen LogP contribution in [0.3, 0.4) is 0 Å². The maximum atomic E-state index is 12.6. The van der Waals surface area contributed by atoms with Gasteiger partial charge in [0.25, 0.3) is 5.91 Å². The zero-order chi connectivity index (χ0) is 18.0. The molecule has 0 aliphatic carbocycles. The molecular weight excluding hydrogens is 340 g/mol. The van der Waals surface area contributed by atoms with Crippen molar-refractivity contribution >= 4 is 23.3 Å². The number of hydrogen-bond donors (Lipinski definition) is 1. The maximum absolute atomic E-state index is 12.6. The molecule has 1 aliphatic heterocycles. The first kappa shape index (κ1) is 17.2. The van der Waals surface area contributed by atoms with Crippen molar-refractivity contribution in [3.8, 4) is 0 Å². The normalized spacial score (nSPS) is 17.3. The van der Waals surface area contributed by atoms with Gasteiger partial charge in [0.05, 0.1) is 23.9 Å². The second-order valence-corrected chi connectivity index (χ2v) is 6.18. The zero-order valence-electron chi connectivity index (χ0n) is 13.6. The molecule has 2 aromatic rings. The van der Waals surface area contributed by atoms with Crippen LogP contribution in [0.4, 0.5) is 0 Å². The second-order valence-electron chi connectivity index (χ2n) is 5.75. The first-order chi connectivity index (χ1) is 12.0. The van der Waals surface area contributed by atoms with Crippen molar-refractivity contribution in [1.82, 2.24) is 9.88 Å². The number of amides is 1. The Kier molecular flexibility index (Phi) is 4.86. The van der Waals surface area contributed by atoms with Crippen molar-refractivity contribution in [2.75, 3.05) is 0 Å². The fourth-order valence-corrected chi connectivity index (χ4v) is 3.08. The van der Waals surface area contributed by atoms with Crippen LogP contribution in [0.15, 0.2) is 60.0 Å². The Hall–Kier alpha value is -2.66. The van der Waals surface area contributed by atoms with Crippen LogP contribution in [0.1, 0.15) is 30.6 Å². The van der Waals surface area contributed by atoms with Crippen molar-refractivity contribution in [2.45, 2.75) is 25.9 Å². The van der Waals surface area contributed by atoms with E-state index in [4.69, 9.17) is 11.6 Å². The Morgan fingerprint density at radius 3 is 2.56 bits per heavy atom. The summed E-state index contributed by atoms with van der Waals surface area (Å²) >= 11 is 5.95. The molecule has 1 aliphatic rings. The molecular formula is C19H17ClN2O3. The largest absolute Gasteiger partial charge is 0.503 e. The number of carbonyl (C=O) groups excluding carboxylic acids is 2. The number of aromatic nitrogens is 1. The summed E-state index contributed by atoms with van der Waals surface area (Å²) < 4.78 is 0. The van der Waals surface area contributed by atoms with Crippen molar-refractivity contribution in [3.05, 3.63) is 76.3 Å². The molecule has 1 atom stereocenters. The van der Waals surface area contributed by atoms with E-state index in [9.17, 15) is 14.7 Å². The van der Waals surface area contributed by atoms with Gasteiger partial charge in [0.2, 0.25) is 0 Å². The quantitative estimate of drug-likeness (QED) is 0.888. The Bertz CT molecular complexity index is 832. The minimum atomic E-state index is -0.653. The number of rotatable bonds is 5. The van der Waals surface area contributed by atoms with Gasteiger partial charge in [0.1, 0.15) is 0 Å². The number of carbonyl (C=O) groups is 2. The third kappa shape index (κ3) is 3.28. The summed E-state index contributed by atoms with van der Waals surface area (Å²) in [5, 5.41) is 10.9. The first-order valence-corrected chi connectivity index (χ1v) is 8.33. The minimum Gasteiger partial charge on any atom is -0.503 e. The van der Waals surface area contributed by atoms with Gasteiger partial charge in [-0.15, -0.1) is 0 Å². The lowest BCUT2D eigenvalue weighted by Crippen LogP contribution is -2.31. The molecule has 3 rings (SSSR count). The number of aliphatic hydroxyl groups is 1. The molecule has 0 bridgehead atoms. The molecule has 0 fully saturated rings. The summed E-state index contributed by atoms with van der Waals surface area (Å²) in [5.41, 5.74) is 1.52. The molecule has 1 unspecified atom stereocenters. The van der Waals surface area contributed by atoms with Gasteiger partial charge in [-0.2, -0.15) is 0 Å². The number of ketones is 1. The highest BCUT2D eigenvalue weighted by Crippen LogP contribution is 2.39. The molecule has 0 spiro atoms. The minimum absolute atomic E-state index is 0.130. The lowest BCUT2D eigenvalue weighted by molar-refractivity contribution is -0.130. The van der Waals surface area contributed by atoms with Gasteiger partial charge in [0.15, 0.2) is 11.5 Å². The van der Waals surface area contributed by atoms with Crippen LogP contribution >= 0.6 is 11.6 Å².